The zero-order valence-electron chi connectivity index (χ0n) is 33.3. The van der Waals surface area contributed by atoms with Crippen LogP contribution in [0.3, 0.4) is 0 Å². The van der Waals surface area contributed by atoms with Gasteiger partial charge in [0.15, 0.2) is 0 Å². The molecule has 0 heterocycles. The van der Waals surface area contributed by atoms with E-state index < -0.39 is 0 Å². The summed E-state index contributed by atoms with van der Waals surface area (Å²) in [7, 11) is 0. The smallest absolute Gasteiger partial charge is 0.0355 e. The first kappa shape index (κ1) is 35.7. The van der Waals surface area contributed by atoms with Gasteiger partial charge in [-0.3, -0.25) is 0 Å². The van der Waals surface area contributed by atoms with Crippen molar-refractivity contribution >= 4 is 0 Å². The molecule has 50 heavy (non-hydrogen) atoms. The van der Waals surface area contributed by atoms with E-state index in [-0.39, 0.29) is 0 Å². The van der Waals surface area contributed by atoms with E-state index >= 15 is 0 Å². The Bertz CT molecular complexity index is 917. The first-order valence-corrected chi connectivity index (χ1v) is 24.7. The third-order valence-corrected chi connectivity index (χ3v) is 20.2. The van der Waals surface area contributed by atoms with Crippen LogP contribution in [0.5, 0.6) is 0 Å². The minimum absolute atomic E-state index is 1.11. The molecule has 0 aromatic heterocycles. The van der Waals surface area contributed by atoms with Crippen LogP contribution < -0.4 is 0 Å². The van der Waals surface area contributed by atoms with Gasteiger partial charge >= 0.3 is 0 Å². The monoisotopic (exact) mass is 685 g/mol. The topological polar surface area (TPSA) is 0 Å². The maximum atomic E-state index is 1.66. The summed E-state index contributed by atoms with van der Waals surface area (Å²) < 4.78 is 0. The van der Waals surface area contributed by atoms with Crippen molar-refractivity contribution in [3.63, 3.8) is 0 Å². The van der Waals surface area contributed by atoms with Gasteiger partial charge in [-0.25, -0.2) is 0 Å². The molecule has 0 heteroatoms. The van der Waals surface area contributed by atoms with Crippen molar-refractivity contribution < 1.29 is 0 Å². The lowest BCUT2D eigenvalue weighted by molar-refractivity contribution is -0.0275. The third-order valence-electron chi connectivity index (χ3n) is 20.2. The summed E-state index contributed by atoms with van der Waals surface area (Å²) >= 11 is 0. The van der Waals surface area contributed by atoms with Gasteiger partial charge in [0.2, 0.25) is 0 Å². The summed E-state index contributed by atoms with van der Waals surface area (Å²) in [4.78, 5) is 0. The summed E-state index contributed by atoms with van der Waals surface area (Å²) in [5.74, 6) is 17.9. The fourth-order valence-electron chi connectivity index (χ4n) is 17.3. The Kier molecular flexibility index (Phi) is 12.0. The van der Waals surface area contributed by atoms with Crippen LogP contribution in [-0.4, -0.2) is 0 Å². The molecule has 9 aliphatic rings. The quantitative estimate of drug-likeness (QED) is 0.261. The van der Waals surface area contributed by atoms with Crippen LogP contribution in [0.25, 0.3) is 0 Å². The van der Waals surface area contributed by atoms with Gasteiger partial charge in [0.1, 0.15) is 0 Å². The maximum Gasteiger partial charge on any atom is -0.0355 e. The maximum absolute atomic E-state index is 1.66. The fraction of sp³-hybridized carbons (Fsp3) is 1.00. The van der Waals surface area contributed by atoms with Crippen molar-refractivity contribution in [2.75, 3.05) is 0 Å². The Morgan fingerprint density at radius 1 is 0.140 bits per heavy atom. The number of hydrogen-bond acceptors (Lipinski definition) is 0. The first-order valence-electron chi connectivity index (χ1n) is 24.7. The van der Waals surface area contributed by atoms with Crippen LogP contribution in [0.15, 0.2) is 0 Å². The first-order chi connectivity index (χ1) is 24.7. The lowest BCUT2D eigenvalue weighted by atomic mass is 9.52. The van der Waals surface area contributed by atoms with Crippen LogP contribution in [-0.2, 0) is 0 Å². The second-order valence-corrected chi connectivity index (χ2v) is 22.1. The normalized spacial score (nSPS) is 48.7. The fourth-order valence-corrected chi connectivity index (χ4v) is 17.3. The van der Waals surface area contributed by atoms with Crippen molar-refractivity contribution in [2.24, 2.45) is 94.7 Å². The Balaban J connectivity index is 0.681. The predicted octanol–water partition coefficient (Wildman–Crippen LogP) is 15.2. The zero-order valence-corrected chi connectivity index (χ0v) is 33.3. The molecule has 0 bridgehead atoms. The summed E-state index contributed by atoms with van der Waals surface area (Å²) in [6.07, 6.45) is 54.4. The van der Waals surface area contributed by atoms with E-state index in [0.29, 0.717) is 0 Å². The van der Waals surface area contributed by atoms with Crippen molar-refractivity contribution in [1.29, 1.82) is 0 Å². The highest BCUT2D eigenvalue weighted by Crippen LogP contribution is 2.58. The lowest BCUT2D eigenvalue weighted by Gasteiger charge is -2.53. The highest BCUT2D eigenvalue weighted by Gasteiger charge is 2.47. The molecule has 9 aliphatic carbocycles. The molecule has 0 radical (unpaired) electrons. The van der Waals surface area contributed by atoms with Crippen LogP contribution in [0.1, 0.15) is 218 Å². The van der Waals surface area contributed by atoms with Crippen molar-refractivity contribution in [3.8, 4) is 0 Å². The minimum atomic E-state index is 1.11. The summed E-state index contributed by atoms with van der Waals surface area (Å²) in [6.45, 7) is 0. The molecule has 9 fully saturated rings. The highest BCUT2D eigenvalue weighted by molar-refractivity contribution is 4.98. The second kappa shape index (κ2) is 16.8. The number of hydrogen-bond donors (Lipinski definition) is 0. The Labute approximate surface area is 312 Å². The molecule has 0 nitrogen and oxygen atoms in total. The van der Waals surface area contributed by atoms with Crippen LogP contribution in [0.2, 0.25) is 0 Å². The van der Waals surface area contributed by atoms with Crippen LogP contribution in [0.4, 0.5) is 0 Å². The van der Waals surface area contributed by atoms with Gasteiger partial charge in [0.05, 0.1) is 0 Å². The molecule has 9 rings (SSSR count). The standard InChI is InChI=1S/C50H84/c1-3-7-35(8-4-1)37-11-15-39(16-12-37)41-19-23-43(24-20-41)45-29-31-49-47(33-45)27-28-48-34-46(30-32-50(48)49)44-25-21-42(22-26-44)40-17-13-38(14-18-40)36-9-5-2-6-10-36/h35-50H,1-34H2. The van der Waals surface area contributed by atoms with Crippen LogP contribution in [0, 0.1) is 94.7 Å². The van der Waals surface area contributed by atoms with Gasteiger partial charge in [0.25, 0.3) is 0 Å². The van der Waals surface area contributed by atoms with Crippen molar-refractivity contribution in [1.82, 2.24) is 0 Å². The van der Waals surface area contributed by atoms with Crippen molar-refractivity contribution in [2.45, 2.75) is 218 Å². The van der Waals surface area contributed by atoms with E-state index in [9.17, 15) is 0 Å². The molecule has 0 aromatic carbocycles. The Hall–Kier alpha value is 0. The molecule has 0 spiro atoms. The molecule has 0 aromatic rings. The van der Waals surface area contributed by atoms with Gasteiger partial charge in [-0.05, 0) is 249 Å². The van der Waals surface area contributed by atoms with Crippen molar-refractivity contribution in [3.05, 3.63) is 0 Å². The molecule has 0 N–H and O–H groups in total. The molecule has 9 saturated carbocycles. The minimum Gasteiger partial charge on any atom is -0.0533 e. The SMILES string of the molecule is C1CCC(C2CCC(C3CCC(C4CCC5C(CCC6CC(C7CCC(C8CCC(C9CCCCC9)CC8)CC7)CCC65)C4)CC3)CC2)CC1. The van der Waals surface area contributed by atoms with Gasteiger partial charge in [-0.2, -0.15) is 0 Å². The van der Waals surface area contributed by atoms with E-state index in [1.165, 1.54) is 12.8 Å². The molecular formula is C50H84. The average Bonchev–Trinajstić information content (AvgIpc) is 3.21. The average molecular weight is 685 g/mol. The number of fused-ring (bicyclic) bond motifs is 3. The van der Waals surface area contributed by atoms with Gasteiger partial charge in [0, 0.05) is 0 Å². The van der Waals surface area contributed by atoms with E-state index in [1.54, 1.807) is 205 Å². The summed E-state index contributed by atoms with van der Waals surface area (Å²) in [5, 5.41) is 0. The molecule has 0 amide bonds. The van der Waals surface area contributed by atoms with Crippen LogP contribution >= 0.6 is 0 Å². The Morgan fingerprint density at radius 3 is 0.620 bits per heavy atom. The zero-order chi connectivity index (χ0) is 33.3. The lowest BCUT2D eigenvalue weighted by Crippen LogP contribution is -2.43. The highest BCUT2D eigenvalue weighted by atomic mass is 14.5. The van der Waals surface area contributed by atoms with E-state index in [0.717, 1.165) is 94.7 Å². The molecule has 0 aliphatic heterocycles. The predicted molar refractivity (Wildman–Crippen MR) is 213 cm³/mol. The largest absolute Gasteiger partial charge is 0.0533 e. The molecule has 0 saturated heterocycles. The molecule has 6 atom stereocenters. The summed E-state index contributed by atoms with van der Waals surface area (Å²) in [5.41, 5.74) is 0. The third kappa shape index (κ3) is 8.02. The van der Waals surface area contributed by atoms with E-state index in [2.05, 4.69) is 0 Å². The van der Waals surface area contributed by atoms with Gasteiger partial charge in [-0.1, -0.05) is 64.2 Å². The number of rotatable bonds is 6. The molecule has 6 unspecified atom stereocenters. The van der Waals surface area contributed by atoms with E-state index in [4.69, 9.17) is 0 Å². The van der Waals surface area contributed by atoms with E-state index in [1.807, 2.05) is 0 Å². The van der Waals surface area contributed by atoms with Gasteiger partial charge < -0.3 is 0 Å². The Morgan fingerprint density at radius 2 is 0.340 bits per heavy atom. The second-order valence-electron chi connectivity index (χ2n) is 22.1. The van der Waals surface area contributed by atoms with Gasteiger partial charge in [-0.15, -0.1) is 0 Å². The summed E-state index contributed by atoms with van der Waals surface area (Å²) in [6, 6.07) is 0. The molecular weight excluding hydrogens is 601 g/mol. The molecule has 284 valence electrons.